The second-order valence-corrected chi connectivity index (χ2v) is 4.95. The average Bonchev–Trinajstić information content (AvgIpc) is 2.52. The molecule has 0 spiro atoms. The first-order valence-electron chi connectivity index (χ1n) is 6.70. The third-order valence-corrected chi connectivity index (χ3v) is 3.42. The number of oxime groups is 1. The van der Waals surface area contributed by atoms with Crippen molar-refractivity contribution >= 4 is 40.4 Å². The summed E-state index contributed by atoms with van der Waals surface area (Å²) in [5, 5.41) is 5.90. The molecule has 0 aromatic heterocycles. The maximum Gasteiger partial charge on any atom is 0.433 e. The van der Waals surface area contributed by atoms with E-state index in [1.165, 1.54) is 4.90 Å². The Morgan fingerprint density at radius 2 is 1.91 bits per heavy atom. The summed E-state index contributed by atoms with van der Waals surface area (Å²) in [6.07, 6.45) is -0.828. The highest BCUT2D eigenvalue weighted by molar-refractivity contribution is 6.82. The van der Waals surface area contributed by atoms with Crippen LogP contribution in [0.25, 0.3) is 0 Å². The fourth-order valence-corrected chi connectivity index (χ4v) is 1.96. The molecule has 0 unspecified atom stereocenters. The number of rotatable bonds is 6. The smallest absolute Gasteiger partial charge is 0.337 e. The summed E-state index contributed by atoms with van der Waals surface area (Å²) >= 11 is 11.7. The number of nitrogens with one attached hydrogen (secondary N) is 1. The Kier molecular flexibility index (Phi) is 7.70. The van der Waals surface area contributed by atoms with Gasteiger partial charge in [-0.15, -0.1) is 0 Å². The van der Waals surface area contributed by atoms with E-state index >= 15 is 0 Å². The molecule has 1 rings (SSSR count). The quantitative estimate of drug-likeness (QED) is 0.489. The first-order valence-corrected chi connectivity index (χ1v) is 7.46. The van der Waals surface area contributed by atoms with Crippen molar-refractivity contribution in [1.29, 1.82) is 0 Å². The minimum atomic E-state index is -0.828. The van der Waals surface area contributed by atoms with Crippen molar-refractivity contribution in [2.24, 2.45) is 5.16 Å². The van der Waals surface area contributed by atoms with E-state index in [-0.39, 0.29) is 6.54 Å². The van der Waals surface area contributed by atoms with E-state index in [1.54, 1.807) is 24.3 Å². The summed E-state index contributed by atoms with van der Waals surface area (Å²) < 4.78 is 0. The van der Waals surface area contributed by atoms with Crippen LogP contribution >= 0.6 is 23.2 Å². The van der Waals surface area contributed by atoms with Crippen molar-refractivity contribution < 1.29 is 14.4 Å². The van der Waals surface area contributed by atoms with Crippen LogP contribution < -0.4 is 5.32 Å². The van der Waals surface area contributed by atoms with Crippen molar-refractivity contribution in [2.45, 2.75) is 20.4 Å². The first-order chi connectivity index (χ1) is 10.5. The molecule has 1 aromatic carbocycles. The van der Waals surface area contributed by atoms with E-state index in [9.17, 15) is 9.59 Å². The zero-order chi connectivity index (χ0) is 16.5. The number of carbonyl (C=O) groups excluding carboxylic acids is 2. The minimum Gasteiger partial charge on any atom is -0.337 e. The van der Waals surface area contributed by atoms with Crippen molar-refractivity contribution in [3.63, 3.8) is 0 Å². The van der Waals surface area contributed by atoms with Gasteiger partial charge in [-0.05, 0) is 25.5 Å². The number of benzene rings is 1. The van der Waals surface area contributed by atoms with Gasteiger partial charge < -0.3 is 10.2 Å². The first kappa shape index (κ1) is 18.3. The molecule has 1 N–H and O–H groups in total. The van der Waals surface area contributed by atoms with Gasteiger partial charge in [0.2, 0.25) is 5.17 Å². The molecule has 0 saturated heterocycles. The fourth-order valence-electron chi connectivity index (χ4n) is 1.60. The van der Waals surface area contributed by atoms with Gasteiger partial charge >= 0.3 is 6.09 Å². The van der Waals surface area contributed by atoms with E-state index in [1.807, 2.05) is 13.8 Å². The number of halogens is 2. The summed E-state index contributed by atoms with van der Waals surface area (Å²) in [6.45, 7) is 4.76. The van der Waals surface area contributed by atoms with Crippen LogP contribution in [0.3, 0.4) is 0 Å². The van der Waals surface area contributed by atoms with Gasteiger partial charge in [0.05, 0.1) is 0 Å². The Morgan fingerprint density at radius 1 is 1.27 bits per heavy atom. The molecule has 0 radical (unpaired) electrons. The Bertz CT molecular complexity index is 560. The third kappa shape index (κ3) is 5.54. The summed E-state index contributed by atoms with van der Waals surface area (Å²) in [5.41, 5.74) is 0.732. The molecule has 120 valence electrons. The molecule has 6 nitrogen and oxygen atoms in total. The average molecular weight is 346 g/mol. The number of amides is 2. The van der Waals surface area contributed by atoms with E-state index in [0.717, 1.165) is 5.56 Å². The molecular weight excluding hydrogens is 329 g/mol. The number of carbonyl (C=O) groups is 2. The number of nitrogens with zero attached hydrogens (tertiary/aromatic N) is 2. The maximum atomic E-state index is 11.8. The lowest BCUT2D eigenvalue weighted by molar-refractivity contribution is -0.123. The van der Waals surface area contributed by atoms with Gasteiger partial charge in [0.1, 0.15) is 0 Å². The third-order valence-electron chi connectivity index (χ3n) is 2.82. The number of hydrogen-bond donors (Lipinski definition) is 1. The summed E-state index contributed by atoms with van der Waals surface area (Å²) in [4.78, 5) is 29.3. The Hall–Kier alpha value is -1.79. The van der Waals surface area contributed by atoms with Crippen LogP contribution in [-0.4, -0.2) is 35.2 Å². The van der Waals surface area contributed by atoms with Crippen LogP contribution in [0.4, 0.5) is 4.79 Å². The standard InChI is InChI=1S/C14H17Cl2N3O3/c1-3-19(4-2)13(20)12(16)18-22-14(21)17-9-10-7-5-6-8-11(10)15/h5-8H,3-4,9H2,1-2H3,(H,17,21). The van der Waals surface area contributed by atoms with Gasteiger partial charge in [-0.3, -0.25) is 9.63 Å². The van der Waals surface area contributed by atoms with Crippen molar-refractivity contribution in [3.8, 4) is 0 Å². The van der Waals surface area contributed by atoms with Gasteiger partial charge in [-0.2, -0.15) is 0 Å². The number of hydrogen-bond acceptors (Lipinski definition) is 4. The zero-order valence-electron chi connectivity index (χ0n) is 12.3. The second kappa shape index (κ2) is 9.27. The molecule has 0 aliphatic rings. The van der Waals surface area contributed by atoms with Gasteiger partial charge in [0.25, 0.3) is 5.91 Å². The molecule has 1 aromatic rings. The minimum absolute atomic E-state index is 0.176. The van der Waals surface area contributed by atoms with Crippen LogP contribution in [-0.2, 0) is 16.2 Å². The SMILES string of the molecule is CCN(CC)C(=O)C(Cl)=NOC(=O)NCc1ccccc1Cl. The highest BCUT2D eigenvalue weighted by Gasteiger charge is 2.16. The van der Waals surface area contributed by atoms with Gasteiger partial charge in [-0.25, -0.2) is 4.79 Å². The Labute approximate surface area is 139 Å². The predicted octanol–water partition coefficient (Wildman–Crippen LogP) is 2.99. The maximum absolute atomic E-state index is 11.8. The lowest BCUT2D eigenvalue weighted by Gasteiger charge is -2.16. The Balaban J connectivity index is 2.50. The van der Waals surface area contributed by atoms with Crippen molar-refractivity contribution in [2.75, 3.05) is 13.1 Å². The Morgan fingerprint density at radius 3 is 2.50 bits per heavy atom. The molecular formula is C14H17Cl2N3O3. The second-order valence-electron chi connectivity index (χ2n) is 4.18. The monoisotopic (exact) mass is 345 g/mol. The van der Waals surface area contributed by atoms with E-state index in [2.05, 4.69) is 15.3 Å². The van der Waals surface area contributed by atoms with Crippen LogP contribution in [0.1, 0.15) is 19.4 Å². The molecule has 8 heteroatoms. The molecule has 0 fully saturated rings. The highest BCUT2D eigenvalue weighted by Crippen LogP contribution is 2.14. The normalized spacial score (nSPS) is 11.0. The summed E-state index contributed by atoms with van der Waals surface area (Å²) in [6, 6.07) is 7.06. The molecule has 0 heterocycles. The van der Waals surface area contributed by atoms with E-state index < -0.39 is 17.2 Å². The fraction of sp³-hybridized carbons (Fsp3) is 0.357. The summed E-state index contributed by atoms with van der Waals surface area (Å²) in [5.74, 6) is -0.495. The molecule has 0 saturated carbocycles. The van der Waals surface area contributed by atoms with Crippen molar-refractivity contribution in [3.05, 3.63) is 34.9 Å². The summed E-state index contributed by atoms with van der Waals surface area (Å²) in [7, 11) is 0. The highest BCUT2D eigenvalue weighted by atomic mass is 35.5. The molecule has 0 bridgehead atoms. The molecule has 22 heavy (non-hydrogen) atoms. The molecule has 0 aliphatic heterocycles. The van der Waals surface area contributed by atoms with Crippen LogP contribution in [0.5, 0.6) is 0 Å². The van der Waals surface area contributed by atoms with Crippen molar-refractivity contribution in [1.82, 2.24) is 10.2 Å². The van der Waals surface area contributed by atoms with Crippen LogP contribution in [0, 0.1) is 0 Å². The van der Waals surface area contributed by atoms with Gasteiger partial charge in [0, 0.05) is 24.7 Å². The predicted molar refractivity (Wildman–Crippen MR) is 86.0 cm³/mol. The molecule has 0 atom stereocenters. The van der Waals surface area contributed by atoms with Crippen LogP contribution in [0.15, 0.2) is 29.4 Å². The van der Waals surface area contributed by atoms with E-state index in [0.29, 0.717) is 18.1 Å². The van der Waals surface area contributed by atoms with Crippen LogP contribution in [0.2, 0.25) is 5.02 Å². The molecule has 0 aliphatic carbocycles. The largest absolute Gasteiger partial charge is 0.433 e. The zero-order valence-corrected chi connectivity index (χ0v) is 13.8. The topological polar surface area (TPSA) is 71.0 Å². The van der Waals surface area contributed by atoms with Gasteiger partial charge in [0.15, 0.2) is 0 Å². The lowest BCUT2D eigenvalue weighted by Crippen LogP contribution is -2.34. The van der Waals surface area contributed by atoms with E-state index in [4.69, 9.17) is 23.2 Å². The van der Waals surface area contributed by atoms with Gasteiger partial charge in [-0.1, -0.05) is 46.6 Å². The lowest BCUT2D eigenvalue weighted by atomic mass is 10.2. The molecule has 2 amide bonds.